The van der Waals surface area contributed by atoms with Crippen LogP contribution in [0.15, 0.2) is 40.0 Å². The summed E-state index contributed by atoms with van der Waals surface area (Å²) in [6.07, 6.45) is 1.75. The van der Waals surface area contributed by atoms with Crippen LogP contribution in [0.4, 0.5) is 16.2 Å². The van der Waals surface area contributed by atoms with Crippen molar-refractivity contribution in [2.24, 2.45) is 4.99 Å². The molecule has 27 heavy (non-hydrogen) atoms. The van der Waals surface area contributed by atoms with Crippen LogP contribution in [0.25, 0.3) is 5.69 Å². The van der Waals surface area contributed by atoms with Crippen molar-refractivity contribution in [1.82, 2.24) is 19.7 Å². The van der Waals surface area contributed by atoms with Crippen LogP contribution in [0.1, 0.15) is 23.8 Å². The number of hydrazine groups is 1. The van der Waals surface area contributed by atoms with Gasteiger partial charge in [0.2, 0.25) is 5.89 Å². The molecule has 0 amide bonds. The first kappa shape index (κ1) is 14.9. The highest BCUT2D eigenvalue weighted by Crippen LogP contribution is 2.36. The van der Waals surface area contributed by atoms with E-state index < -0.39 is 6.08 Å². The highest BCUT2D eigenvalue weighted by molar-refractivity contribution is 6.16. The minimum Gasteiger partial charge on any atom is -0.381 e. The predicted octanol–water partition coefficient (Wildman–Crippen LogP) is 1.86. The Morgan fingerprint density at radius 2 is 2.15 bits per heavy atom. The van der Waals surface area contributed by atoms with Gasteiger partial charge in [-0.1, -0.05) is 12.1 Å². The number of nitrogens with zero attached hydrogens (tertiary/aromatic N) is 7. The van der Waals surface area contributed by atoms with Crippen LogP contribution in [-0.2, 0) is 4.74 Å². The van der Waals surface area contributed by atoms with Crippen LogP contribution in [0.3, 0.4) is 0 Å². The number of aliphatic imine (C=N–C) groups is 1. The third kappa shape index (κ3) is 2.01. The maximum absolute atomic E-state index is 14.4. The van der Waals surface area contributed by atoms with E-state index in [4.69, 9.17) is 9.26 Å². The standard InChI is InChI=1S/C17H14FN7O2/c18-16-19-7-13-24(16)12-4-2-1-3-11(12)14-20-9-23(25(13)14)17-21-15(27-22-17)10-5-6-26-8-10/h1-4,7,10H,5-6,8-9H2. The molecule has 3 aliphatic rings. The van der Waals surface area contributed by atoms with Gasteiger partial charge in [-0.15, -0.1) is 0 Å². The van der Waals surface area contributed by atoms with Crippen LogP contribution in [0.2, 0.25) is 0 Å². The number of hydrogen-bond donors (Lipinski definition) is 0. The number of benzene rings is 1. The fourth-order valence-corrected chi connectivity index (χ4v) is 3.74. The van der Waals surface area contributed by atoms with Crippen molar-refractivity contribution < 1.29 is 13.7 Å². The molecular formula is C17H14FN7O2. The van der Waals surface area contributed by atoms with Crippen LogP contribution in [0, 0.1) is 6.08 Å². The molecule has 5 heterocycles. The van der Waals surface area contributed by atoms with Crippen molar-refractivity contribution in [3.8, 4) is 5.69 Å². The van der Waals surface area contributed by atoms with E-state index in [1.807, 2.05) is 24.3 Å². The van der Waals surface area contributed by atoms with Crippen molar-refractivity contribution in [2.75, 3.05) is 29.9 Å². The first-order valence-electron chi connectivity index (χ1n) is 8.67. The molecule has 0 radical (unpaired) electrons. The number of imidazole rings is 1. The van der Waals surface area contributed by atoms with Gasteiger partial charge in [0.25, 0.3) is 12.0 Å². The Balaban J connectivity index is 1.44. The summed E-state index contributed by atoms with van der Waals surface area (Å²) in [7, 11) is 0. The summed E-state index contributed by atoms with van der Waals surface area (Å²) in [5, 5.41) is 7.64. The molecule has 9 nitrogen and oxygen atoms in total. The van der Waals surface area contributed by atoms with Crippen molar-refractivity contribution in [3.63, 3.8) is 0 Å². The smallest absolute Gasteiger partial charge is 0.295 e. The Morgan fingerprint density at radius 3 is 3.04 bits per heavy atom. The quantitative estimate of drug-likeness (QED) is 0.683. The molecule has 1 unspecified atom stereocenters. The van der Waals surface area contributed by atoms with Crippen LogP contribution < -0.4 is 10.0 Å². The predicted molar refractivity (Wildman–Crippen MR) is 92.4 cm³/mol. The van der Waals surface area contributed by atoms with E-state index in [0.29, 0.717) is 49.1 Å². The van der Waals surface area contributed by atoms with Gasteiger partial charge >= 0.3 is 0 Å². The number of ether oxygens (including phenoxy) is 1. The van der Waals surface area contributed by atoms with Gasteiger partial charge in [-0.3, -0.25) is 4.57 Å². The zero-order valence-corrected chi connectivity index (χ0v) is 14.1. The molecule has 10 heteroatoms. The lowest BCUT2D eigenvalue weighted by atomic mass is 10.1. The largest absolute Gasteiger partial charge is 0.381 e. The summed E-state index contributed by atoms with van der Waals surface area (Å²) in [4.78, 5) is 13.0. The van der Waals surface area contributed by atoms with E-state index in [1.54, 1.807) is 10.0 Å². The molecule has 0 spiro atoms. The number of aromatic nitrogens is 4. The molecule has 0 bridgehead atoms. The molecule has 136 valence electrons. The Kier molecular flexibility index (Phi) is 2.95. The van der Waals surface area contributed by atoms with E-state index in [-0.39, 0.29) is 5.92 Å². The summed E-state index contributed by atoms with van der Waals surface area (Å²) in [5.74, 6) is 2.28. The van der Waals surface area contributed by atoms with Gasteiger partial charge in [-0.25, -0.2) is 20.0 Å². The summed E-state index contributed by atoms with van der Waals surface area (Å²) in [6, 6.07) is 7.51. The fraction of sp³-hybridized carbons (Fsp3) is 0.294. The molecule has 6 rings (SSSR count). The molecule has 2 aromatic heterocycles. The molecule has 3 aromatic rings. The number of hydrogen-bond acceptors (Lipinski definition) is 8. The molecule has 1 aromatic carbocycles. The molecule has 3 aliphatic heterocycles. The molecule has 0 N–H and O–H groups in total. The van der Waals surface area contributed by atoms with Crippen LogP contribution in [-0.4, -0.2) is 45.4 Å². The topological polar surface area (TPSA) is 84.8 Å². The second kappa shape index (κ2) is 5.36. The second-order valence-corrected chi connectivity index (χ2v) is 6.57. The molecule has 0 aliphatic carbocycles. The lowest BCUT2D eigenvalue weighted by Crippen LogP contribution is -2.46. The van der Waals surface area contributed by atoms with Gasteiger partial charge in [0.05, 0.1) is 24.4 Å². The van der Waals surface area contributed by atoms with E-state index in [9.17, 15) is 4.39 Å². The third-order valence-electron chi connectivity index (χ3n) is 5.04. The van der Waals surface area contributed by atoms with Gasteiger partial charge in [-0.2, -0.15) is 9.37 Å². The Morgan fingerprint density at radius 1 is 1.22 bits per heavy atom. The van der Waals surface area contributed by atoms with Gasteiger partial charge < -0.3 is 9.26 Å². The van der Waals surface area contributed by atoms with Crippen molar-refractivity contribution in [1.29, 1.82) is 0 Å². The number of para-hydroxylation sites is 1. The number of amidine groups is 1. The lowest BCUT2D eigenvalue weighted by molar-refractivity contribution is 0.189. The maximum atomic E-state index is 14.4. The summed E-state index contributed by atoms with van der Waals surface area (Å²) in [5.41, 5.74) is 1.52. The Labute approximate surface area is 152 Å². The Bertz CT molecular complexity index is 1070. The molecule has 1 saturated heterocycles. The average Bonchev–Trinajstić information content (AvgIpc) is 3.46. The number of fused-ring (bicyclic) bond motifs is 6. The van der Waals surface area contributed by atoms with Crippen molar-refractivity contribution in [2.45, 2.75) is 12.3 Å². The minimum atomic E-state index is -0.583. The first-order chi connectivity index (χ1) is 13.3. The average molecular weight is 367 g/mol. The monoisotopic (exact) mass is 367 g/mol. The van der Waals surface area contributed by atoms with E-state index in [2.05, 4.69) is 20.1 Å². The highest BCUT2D eigenvalue weighted by Gasteiger charge is 2.39. The molecule has 0 saturated carbocycles. The van der Waals surface area contributed by atoms with Crippen molar-refractivity contribution >= 4 is 17.6 Å². The van der Waals surface area contributed by atoms with Gasteiger partial charge in [-0.05, 0) is 23.7 Å². The van der Waals surface area contributed by atoms with Crippen LogP contribution >= 0.6 is 0 Å². The molecule has 1 atom stereocenters. The minimum absolute atomic E-state index is 0.110. The molecule has 1 fully saturated rings. The van der Waals surface area contributed by atoms with Crippen LogP contribution in [0.5, 0.6) is 0 Å². The number of anilines is 2. The normalized spacial score (nSPS) is 20.5. The number of halogens is 1. The zero-order valence-electron chi connectivity index (χ0n) is 14.1. The van der Waals surface area contributed by atoms with Gasteiger partial charge in [0.15, 0.2) is 11.7 Å². The highest BCUT2D eigenvalue weighted by atomic mass is 19.1. The SMILES string of the molecule is Fc1ncc2n1-c1ccccc1C1=NCN(c3noc(C4CCOC4)n3)N12. The Hall–Kier alpha value is -3.27. The van der Waals surface area contributed by atoms with Crippen molar-refractivity contribution in [3.05, 3.63) is 48.0 Å². The first-order valence-corrected chi connectivity index (χ1v) is 8.67. The van der Waals surface area contributed by atoms with Gasteiger partial charge in [0, 0.05) is 12.2 Å². The lowest BCUT2D eigenvalue weighted by Gasteiger charge is -2.33. The third-order valence-corrected chi connectivity index (χ3v) is 5.04. The van der Waals surface area contributed by atoms with E-state index >= 15 is 0 Å². The summed E-state index contributed by atoms with van der Waals surface area (Å²) >= 11 is 0. The summed E-state index contributed by atoms with van der Waals surface area (Å²) in [6.45, 7) is 1.58. The van der Waals surface area contributed by atoms with Gasteiger partial charge in [0.1, 0.15) is 6.67 Å². The second-order valence-electron chi connectivity index (χ2n) is 6.57. The summed E-state index contributed by atoms with van der Waals surface area (Å²) < 4.78 is 26.7. The fourth-order valence-electron chi connectivity index (χ4n) is 3.74. The zero-order chi connectivity index (χ0) is 18.0. The number of rotatable bonds is 2. The van der Waals surface area contributed by atoms with E-state index in [1.165, 1.54) is 10.8 Å². The maximum Gasteiger partial charge on any atom is 0.295 e. The van der Waals surface area contributed by atoms with E-state index in [0.717, 1.165) is 12.0 Å². The molecular weight excluding hydrogens is 353 g/mol.